The summed E-state index contributed by atoms with van der Waals surface area (Å²) in [5.41, 5.74) is 6.70. The van der Waals surface area contributed by atoms with Crippen molar-refractivity contribution in [3.8, 4) is 17.0 Å². The highest BCUT2D eigenvalue weighted by atomic mass is 16.5. The van der Waals surface area contributed by atoms with Gasteiger partial charge < -0.3 is 9.64 Å². The van der Waals surface area contributed by atoms with Gasteiger partial charge in [-0.1, -0.05) is 60.2 Å². The molecule has 2 heterocycles. The molecule has 0 radical (unpaired) electrons. The predicted octanol–water partition coefficient (Wildman–Crippen LogP) is 4.83. The summed E-state index contributed by atoms with van der Waals surface area (Å²) in [6.07, 6.45) is 2.28. The van der Waals surface area contributed by atoms with Gasteiger partial charge in [-0.15, -0.1) is 0 Å². The Balaban J connectivity index is 1.83. The number of pyridine rings is 1. The van der Waals surface area contributed by atoms with Gasteiger partial charge in [0.25, 0.3) is 0 Å². The van der Waals surface area contributed by atoms with E-state index in [1.165, 1.54) is 5.56 Å². The van der Waals surface area contributed by atoms with Gasteiger partial charge in [-0.2, -0.15) is 0 Å². The number of hydrogen-bond acceptors (Lipinski definition) is 3. The average Bonchev–Trinajstić information content (AvgIpc) is 3.11. The van der Waals surface area contributed by atoms with Crippen molar-refractivity contribution in [3.05, 3.63) is 89.2 Å². The van der Waals surface area contributed by atoms with Gasteiger partial charge >= 0.3 is 0 Å². The summed E-state index contributed by atoms with van der Waals surface area (Å²) in [4.78, 5) is 19.2. The molecule has 0 bridgehead atoms. The van der Waals surface area contributed by atoms with Crippen molar-refractivity contribution >= 4 is 11.6 Å². The van der Waals surface area contributed by atoms with Gasteiger partial charge in [0.2, 0.25) is 5.91 Å². The Kier molecular flexibility index (Phi) is 5.76. The molecule has 158 valence electrons. The molecule has 0 aliphatic heterocycles. The minimum atomic E-state index is 0.0309. The van der Waals surface area contributed by atoms with Crippen LogP contribution in [0.5, 0.6) is 5.75 Å². The highest BCUT2D eigenvalue weighted by Gasteiger charge is 2.20. The summed E-state index contributed by atoms with van der Waals surface area (Å²) in [5, 5.41) is 0. The summed E-state index contributed by atoms with van der Waals surface area (Å²) in [6.45, 7) is 4.54. The fourth-order valence-electron chi connectivity index (χ4n) is 3.55. The third-order valence-corrected chi connectivity index (χ3v) is 5.30. The van der Waals surface area contributed by atoms with E-state index < -0.39 is 0 Å². The van der Waals surface area contributed by atoms with Gasteiger partial charge in [0, 0.05) is 25.9 Å². The van der Waals surface area contributed by atoms with Gasteiger partial charge in [-0.25, -0.2) is 4.98 Å². The summed E-state index contributed by atoms with van der Waals surface area (Å²) < 4.78 is 8.19. The van der Waals surface area contributed by atoms with E-state index in [0.717, 1.165) is 33.7 Å². The maximum Gasteiger partial charge on any atom is 0.228 e. The van der Waals surface area contributed by atoms with Crippen molar-refractivity contribution in [2.24, 2.45) is 0 Å². The molecule has 0 N–H and O–H groups in total. The van der Waals surface area contributed by atoms with Crippen LogP contribution < -0.4 is 4.74 Å². The molecule has 0 aliphatic rings. The number of rotatable bonds is 6. The Bertz CT molecular complexity index is 1210. The number of carbonyl (C=O) groups is 1. The number of benzene rings is 2. The first-order valence-corrected chi connectivity index (χ1v) is 10.4. The van der Waals surface area contributed by atoms with Gasteiger partial charge in [-0.05, 0) is 31.0 Å². The number of imidazole rings is 1. The lowest BCUT2D eigenvalue weighted by Gasteiger charge is -2.12. The maximum absolute atomic E-state index is 12.6. The fourth-order valence-corrected chi connectivity index (χ4v) is 3.55. The minimum absolute atomic E-state index is 0.0309. The Hall–Kier alpha value is -3.60. The SMILES string of the molecule is Cc1ccc(-c2nc3c(OCc4ccccc4)cc(C)cn3c2CC(=O)N(C)C)cc1. The first kappa shape index (κ1) is 20.7. The highest BCUT2D eigenvalue weighted by molar-refractivity contribution is 5.82. The van der Waals surface area contributed by atoms with E-state index in [0.29, 0.717) is 12.4 Å². The summed E-state index contributed by atoms with van der Waals surface area (Å²) in [7, 11) is 3.55. The number of fused-ring (bicyclic) bond motifs is 1. The normalized spacial score (nSPS) is 11.0. The number of amides is 1. The second-order valence-electron chi connectivity index (χ2n) is 8.09. The van der Waals surface area contributed by atoms with Gasteiger partial charge in [0.1, 0.15) is 6.61 Å². The molecule has 2 aromatic carbocycles. The van der Waals surface area contributed by atoms with Crippen LogP contribution in [-0.4, -0.2) is 34.3 Å². The van der Waals surface area contributed by atoms with Crippen molar-refractivity contribution < 1.29 is 9.53 Å². The van der Waals surface area contributed by atoms with Crippen LogP contribution in [0.15, 0.2) is 66.9 Å². The molecule has 0 saturated heterocycles. The lowest BCUT2D eigenvalue weighted by molar-refractivity contribution is -0.128. The molecule has 31 heavy (non-hydrogen) atoms. The number of carbonyl (C=O) groups excluding carboxylic acids is 1. The first-order valence-electron chi connectivity index (χ1n) is 10.4. The lowest BCUT2D eigenvalue weighted by atomic mass is 10.1. The van der Waals surface area contributed by atoms with E-state index in [-0.39, 0.29) is 12.3 Å². The maximum atomic E-state index is 12.6. The number of likely N-dealkylation sites (N-methyl/N-ethyl adjacent to an activating group) is 1. The van der Waals surface area contributed by atoms with Gasteiger partial charge in [-0.3, -0.25) is 9.20 Å². The Labute approximate surface area is 182 Å². The third-order valence-electron chi connectivity index (χ3n) is 5.30. The van der Waals surface area contributed by atoms with E-state index in [1.54, 1.807) is 19.0 Å². The summed E-state index contributed by atoms with van der Waals surface area (Å²) >= 11 is 0. The Morgan fingerprint density at radius 1 is 1.00 bits per heavy atom. The van der Waals surface area contributed by atoms with Crippen LogP contribution in [0.3, 0.4) is 0 Å². The van der Waals surface area contributed by atoms with E-state index in [4.69, 9.17) is 9.72 Å². The first-order chi connectivity index (χ1) is 14.9. The summed E-state index contributed by atoms with van der Waals surface area (Å²) in [6, 6.07) is 20.3. The van der Waals surface area contributed by atoms with Crippen molar-refractivity contribution in [1.82, 2.24) is 14.3 Å². The number of hydrogen-bond donors (Lipinski definition) is 0. The molecule has 0 saturated carbocycles. The van der Waals surface area contributed by atoms with E-state index in [2.05, 4.69) is 31.2 Å². The minimum Gasteiger partial charge on any atom is -0.485 e. The second kappa shape index (κ2) is 8.64. The number of ether oxygens (including phenoxy) is 1. The fraction of sp³-hybridized carbons (Fsp3) is 0.231. The third kappa shape index (κ3) is 4.45. The van der Waals surface area contributed by atoms with Crippen molar-refractivity contribution in [3.63, 3.8) is 0 Å². The van der Waals surface area contributed by atoms with Crippen LogP contribution >= 0.6 is 0 Å². The van der Waals surface area contributed by atoms with Crippen LogP contribution in [0.4, 0.5) is 0 Å². The lowest BCUT2D eigenvalue weighted by Crippen LogP contribution is -2.24. The van der Waals surface area contributed by atoms with Gasteiger partial charge in [0.05, 0.1) is 17.8 Å². The van der Waals surface area contributed by atoms with E-state index in [9.17, 15) is 4.79 Å². The highest BCUT2D eigenvalue weighted by Crippen LogP contribution is 2.31. The number of aromatic nitrogens is 2. The molecule has 0 atom stereocenters. The molecule has 0 unspecified atom stereocenters. The molecule has 0 spiro atoms. The largest absolute Gasteiger partial charge is 0.485 e. The molecular formula is C26H27N3O2. The molecule has 5 heteroatoms. The Morgan fingerprint density at radius 3 is 2.39 bits per heavy atom. The second-order valence-corrected chi connectivity index (χ2v) is 8.09. The zero-order valence-electron chi connectivity index (χ0n) is 18.4. The molecule has 0 aliphatic carbocycles. The number of aryl methyl sites for hydroxylation is 2. The quantitative estimate of drug-likeness (QED) is 0.455. The van der Waals surface area contributed by atoms with E-state index >= 15 is 0 Å². The van der Waals surface area contributed by atoms with Gasteiger partial charge in [0.15, 0.2) is 11.4 Å². The van der Waals surface area contributed by atoms with E-state index in [1.807, 2.05) is 53.9 Å². The molecule has 0 fully saturated rings. The van der Waals surface area contributed by atoms with Crippen LogP contribution in [-0.2, 0) is 17.8 Å². The van der Waals surface area contributed by atoms with Crippen LogP contribution in [0, 0.1) is 13.8 Å². The molecule has 2 aromatic heterocycles. The molecule has 5 nitrogen and oxygen atoms in total. The topological polar surface area (TPSA) is 46.8 Å². The van der Waals surface area contributed by atoms with Crippen LogP contribution in [0.25, 0.3) is 16.9 Å². The Morgan fingerprint density at radius 2 is 1.71 bits per heavy atom. The average molecular weight is 414 g/mol. The molecule has 4 aromatic rings. The van der Waals surface area contributed by atoms with Crippen LogP contribution in [0.1, 0.15) is 22.4 Å². The predicted molar refractivity (Wildman–Crippen MR) is 123 cm³/mol. The standard InChI is InChI=1S/C26H27N3O2/c1-18-10-12-21(13-11-18)25-22(15-24(30)28(3)4)29-16-19(2)14-23(26(29)27-25)31-17-20-8-6-5-7-9-20/h5-14,16H,15,17H2,1-4H3. The van der Waals surface area contributed by atoms with Crippen molar-refractivity contribution in [1.29, 1.82) is 0 Å². The zero-order chi connectivity index (χ0) is 22.0. The van der Waals surface area contributed by atoms with Crippen molar-refractivity contribution in [2.75, 3.05) is 14.1 Å². The van der Waals surface area contributed by atoms with Crippen molar-refractivity contribution in [2.45, 2.75) is 26.9 Å². The molecule has 1 amide bonds. The zero-order valence-corrected chi connectivity index (χ0v) is 18.4. The monoisotopic (exact) mass is 413 g/mol. The molecular weight excluding hydrogens is 386 g/mol. The van der Waals surface area contributed by atoms with Crippen LogP contribution in [0.2, 0.25) is 0 Å². The number of nitrogens with zero attached hydrogens (tertiary/aromatic N) is 3. The summed E-state index contributed by atoms with van der Waals surface area (Å²) in [5.74, 6) is 0.740. The molecule has 4 rings (SSSR count). The smallest absolute Gasteiger partial charge is 0.228 e.